The molecule has 2 amide bonds. The van der Waals surface area contributed by atoms with Crippen LogP contribution in [0.3, 0.4) is 0 Å². The van der Waals surface area contributed by atoms with Crippen molar-refractivity contribution in [3.8, 4) is 0 Å². The van der Waals surface area contributed by atoms with Crippen LogP contribution >= 0.6 is 0 Å². The maximum Gasteiger partial charge on any atom is 0.251 e. The number of likely N-dealkylation sites (N-methyl/N-ethyl adjacent to an activating group) is 2. The molecule has 2 saturated heterocycles. The van der Waals surface area contributed by atoms with Crippen molar-refractivity contribution in [2.45, 2.75) is 31.8 Å². The van der Waals surface area contributed by atoms with Crippen molar-refractivity contribution in [2.75, 3.05) is 81.7 Å². The summed E-state index contributed by atoms with van der Waals surface area (Å²) >= 11 is 0. The van der Waals surface area contributed by atoms with Crippen LogP contribution in [0, 0.1) is 0 Å². The first kappa shape index (κ1) is 26.5. The van der Waals surface area contributed by atoms with Gasteiger partial charge in [0.1, 0.15) is 6.04 Å². The summed E-state index contributed by atoms with van der Waals surface area (Å²) in [7, 11) is 3.99. The SMILES string of the molecule is C[C@@H]1C(=O)N(C)c2ccc(Nc3ccc(C(=O)NCCN4CCN(C)CC4)cc3)cc2N1C1CCOCC1. The first-order valence-electron chi connectivity index (χ1n) is 13.7. The number of hydrogen-bond acceptors (Lipinski definition) is 7. The van der Waals surface area contributed by atoms with Crippen molar-refractivity contribution >= 4 is 34.6 Å². The topological polar surface area (TPSA) is 80.4 Å². The maximum absolute atomic E-state index is 13.0. The van der Waals surface area contributed by atoms with Crippen LogP contribution in [0.15, 0.2) is 42.5 Å². The zero-order chi connectivity index (χ0) is 26.6. The van der Waals surface area contributed by atoms with Gasteiger partial charge in [-0.15, -0.1) is 0 Å². The molecule has 0 spiro atoms. The number of ether oxygens (including phenoxy) is 1. The molecule has 0 unspecified atom stereocenters. The highest BCUT2D eigenvalue weighted by Gasteiger charge is 2.38. The first-order chi connectivity index (χ1) is 18.4. The predicted octanol–water partition coefficient (Wildman–Crippen LogP) is 2.76. The average molecular weight is 521 g/mol. The molecule has 3 aliphatic heterocycles. The third-order valence-electron chi connectivity index (χ3n) is 8.05. The summed E-state index contributed by atoms with van der Waals surface area (Å²) < 4.78 is 5.58. The number of piperazine rings is 1. The molecule has 0 aliphatic carbocycles. The molecule has 0 aromatic heterocycles. The fraction of sp³-hybridized carbons (Fsp3) is 0.517. The number of fused-ring (bicyclic) bond motifs is 1. The summed E-state index contributed by atoms with van der Waals surface area (Å²) in [6, 6.07) is 13.8. The number of nitrogens with zero attached hydrogens (tertiary/aromatic N) is 4. The fourth-order valence-corrected chi connectivity index (χ4v) is 5.67. The molecule has 1 atom stereocenters. The Morgan fingerprint density at radius 3 is 2.34 bits per heavy atom. The van der Waals surface area contributed by atoms with Crippen LogP contribution in [0.1, 0.15) is 30.1 Å². The van der Waals surface area contributed by atoms with Gasteiger partial charge in [-0.1, -0.05) is 0 Å². The molecular weight excluding hydrogens is 480 g/mol. The molecule has 38 heavy (non-hydrogen) atoms. The van der Waals surface area contributed by atoms with E-state index in [-0.39, 0.29) is 23.9 Å². The summed E-state index contributed by atoms with van der Waals surface area (Å²) in [5.74, 6) is 0.0651. The van der Waals surface area contributed by atoms with Crippen LogP contribution in [0.25, 0.3) is 0 Å². The van der Waals surface area contributed by atoms with E-state index in [9.17, 15) is 9.59 Å². The normalized spacial score (nSPS) is 21.3. The zero-order valence-corrected chi connectivity index (χ0v) is 22.8. The predicted molar refractivity (Wildman–Crippen MR) is 152 cm³/mol. The molecule has 0 bridgehead atoms. The van der Waals surface area contributed by atoms with E-state index in [2.05, 4.69) is 38.4 Å². The number of carbonyl (C=O) groups is 2. The smallest absolute Gasteiger partial charge is 0.251 e. The Balaban J connectivity index is 1.23. The fourth-order valence-electron chi connectivity index (χ4n) is 5.67. The molecule has 2 aromatic rings. The highest BCUT2D eigenvalue weighted by atomic mass is 16.5. The van der Waals surface area contributed by atoms with Crippen molar-refractivity contribution in [3.05, 3.63) is 48.0 Å². The number of amides is 2. The molecule has 2 N–H and O–H groups in total. The highest BCUT2D eigenvalue weighted by Crippen LogP contribution is 2.40. The Bertz CT molecular complexity index is 1130. The number of benzene rings is 2. The lowest BCUT2D eigenvalue weighted by Gasteiger charge is -2.45. The standard InChI is InChI=1S/C29H40N6O3/c1-21-29(37)33(3)26-9-8-24(20-27(26)35(21)25-10-18-38-19-11-25)31-23-6-4-22(5-7-23)28(36)30-12-13-34-16-14-32(2)15-17-34/h4-9,20-21,25,31H,10-19H2,1-3H3,(H,30,36)/t21-/m1/s1. The molecule has 0 saturated carbocycles. The zero-order valence-electron chi connectivity index (χ0n) is 22.8. The number of rotatable bonds is 7. The molecule has 3 heterocycles. The summed E-state index contributed by atoms with van der Waals surface area (Å²) in [6.45, 7) is 9.22. The van der Waals surface area contributed by atoms with E-state index in [0.29, 0.717) is 12.1 Å². The van der Waals surface area contributed by atoms with Gasteiger partial charge in [-0.25, -0.2) is 0 Å². The molecular formula is C29H40N6O3. The van der Waals surface area contributed by atoms with Crippen LogP contribution in [-0.4, -0.2) is 100 Å². The first-order valence-corrected chi connectivity index (χ1v) is 13.7. The third kappa shape index (κ3) is 5.80. The quantitative estimate of drug-likeness (QED) is 0.581. The summed E-state index contributed by atoms with van der Waals surface area (Å²) in [5, 5.41) is 6.52. The van der Waals surface area contributed by atoms with Crippen molar-refractivity contribution in [2.24, 2.45) is 0 Å². The lowest BCUT2D eigenvalue weighted by atomic mass is 9.99. The number of hydrogen-bond donors (Lipinski definition) is 2. The molecule has 2 fully saturated rings. The Labute approximate surface area is 225 Å². The van der Waals surface area contributed by atoms with Gasteiger partial charge in [0.2, 0.25) is 5.91 Å². The lowest BCUT2D eigenvalue weighted by molar-refractivity contribution is -0.119. The lowest BCUT2D eigenvalue weighted by Crippen LogP contribution is -2.55. The number of nitrogens with one attached hydrogen (secondary N) is 2. The van der Waals surface area contributed by atoms with Crippen molar-refractivity contribution in [1.82, 2.24) is 15.1 Å². The minimum atomic E-state index is -0.222. The van der Waals surface area contributed by atoms with Gasteiger partial charge in [-0.3, -0.25) is 14.5 Å². The van der Waals surface area contributed by atoms with Gasteiger partial charge in [0.15, 0.2) is 0 Å². The van der Waals surface area contributed by atoms with Gasteiger partial charge < -0.3 is 30.1 Å². The average Bonchev–Trinajstić information content (AvgIpc) is 2.94. The Morgan fingerprint density at radius 2 is 1.63 bits per heavy atom. The molecule has 3 aliphatic rings. The van der Waals surface area contributed by atoms with E-state index < -0.39 is 0 Å². The molecule has 2 aromatic carbocycles. The van der Waals surface area contributed by atoms with Crippen molar-refractivity contribution in [1.29, 1.82) is 0 Å². The van der Waals surface area contributed by atoms with Crippen molar-refractivity contribution in [3.63, 3.8) is 0 Å². The number of anilines is 4. The Hall–Kier alpha value is -3.14. The second-order valence-electron chi connectivity index (χ2n) is 10.6. The van der Waals surface area contributed by atoms with E-state index in [1.54, 1.807) is 4.90 Å². The van der Waals surface area contributed by atoms with Gasteiger partial charge in [0.05, 0.1) is 11.4 Å². The summed E-state index contributed by atoms with van der Waals surface area (Å²) in [4.78, 5) is 34.4. The van der Waals surface area contributed by atoms with Gasteiger partial charge in [-0.2, -0.15) is 0 Å². The number of carbonyl (C=O) groups excluding carboxylic acids is 2. The van der Waals surface area contributed by atoms with Gasteiger partial charge >= 0.3 is 0 Å². The maximum atomic E-state index is 13.0. The second kappa shape index (κ2) is 11.7. The molecule has 0 radical (unpaired) electrons. The summed E-state index contributed by atoms with van der Waals surface area (Å²) in [6.07, 6.45) is 1.83. The molecule has 204 valence electrons. The van der Waals surface area contributed by atoms with Gasteiger partial charge in [0, 0.05) is 82.5 Å². The van der Waals surface area contributed by atoms with E-state index in [0.717, 1.165) is 81.5 Å². The molecule has 9 heteroatoms. The van der Waals surface area contributed by atoms with E-state index in [1.165, 1.54) is 0 Å². The largest absolute Gasteiger partial charge is 0.381 e. The van der Waals surface area contributed by atoms with Crippen LogP contribution in [-0.2, 0) is 9.53 Å². The van der Waals surface area contributed by atoms with Crippen LogP contribution in [0.5, 0.6) is 0 Å². The van der Waals surface area contributed by atoms with E-state index in [1.807, 2.05) is 50.4 Å². The monoisotopic (exact) mass is 520 g/mol. The van der Waals surface area contributed by atoms with Gasteiger partial charge in [-0.05, 0) is 69.3 Å². The summed E-state index contributed by atoms with van der Waals surface area (Å²) in [5.41, 5.74) is 4.49. The minimum absolute atomic E-state index is 0.0479. The third-order valence-corrected chi connectivity index (χ3v) is 8.05. The van der Waals surface area contributed by atoms with E-state index in [4.69, 9.17) is 4.74 Å². The second-order valence-corrected chi connectivity index (χ2v) is 10.6. The minimum Gasteiger partial charge on any atom is -0.381 e. The van der Waals surface area contributed by atoms with E-state index >= 15 is 0 Å². The van der Waals surface area contributed by atoms with Crippen molar-refractivity contribution < 1.29 is 14.3 Å². The highest BCUT2D eigenvalue weighted by molar-refractivity contribution is 6.05. The van der Waals surface area contributed by atoms with Crippen LogP contribution in [0.4, 0.5) is 22.7 Å². The Morgan fingerprint density at radius 1 is 0.947 bits per heavy atom. The Kier molecular flexibility index (Phi) is 8.16. The van der Waals surface area contributed by atoms with Crippen LogP contribution in [0.2, 0.25) is 0 Å². The molecule has 9 nitrogen and oxygen atoms in total. The van der Waals surface area contributed by atoms with Crippen LogP contribution < -0.4 is 20.4 Å². The molecule has 5 rings (SSSR count). The van der Waals surface area contributed by atoms with Gasteiger partial charge in [0.25, 0.3) is 5.91 Å².